The molecule has 0 saturated carbocycles. The molecule has 0 radical (unpaired) electrons. The maximum absolute atomic E-state index is 11.9. The Labute approximate surface area is 151 Å². The SMILES string of the molecule is CON(C)C(=O)N(Cl)c1ccc(OCCc2ccc(Cl)cc2)cc1. The standard InChI is InChI=1S/C17H18Cl2N2O3/c1-20(23-2)17(22)21(19)15-7-9-16(10-8-15)24-12-11-13-3-5-14(18)6-4-13/h3-10H,11-12H2,1-2H3. The molecule has 0 aliphatic rings. The summed E-state index contributed by atoms with van der Waals surface area (Å²) in [5.74, 6) is 0.699. The topological polar surface area (TPSA) is 42.0 Å². The average Bonchev–Trinajstić information content (AvgIpc) is 2.62. The summed E-state index contributed by atoms with van der Waals surface area (Å²) in [5.41, 5.74) is 1.67. The highest BCUT2D eigenvalue weighted by Gasteiger charge is 2.17. The number of ether oxygens (including phenoxy) is 1. The van der Waals surface area contributed by atoms with Crippen LogP contribution in [0.1, 0.15) is 5.56 Å². The lowest BCUT2D eigenvalue weighted by molar-refractivity contribution is -0.0610. The highest BCUT2D eigenvalue weighted by molar-refractivity contribution is 6.36. The van der Waals surface area contributed by atoms with Crippen molar-refractivity contribution in [3.8, 4) is 5.75 Å². The number of benzene rings is 2. The van der Waals surface area contributed by atoms with Gasteiger partial charge in [-0.25, -0.2) is 14.3 Å². The summed E-state index contributed by atoms with van der Waals surface area (Å²) in [6.45, 7) is 0.539. The largest absolute Gasteiger partial charge is 0.493 e. The lowest BCUT2D eigenvalue weighted by Crippen LogP contribution is -2.34. The Balaban J connectivity index is 1.87. The molecule has 0 atom stereocenters. The Morgan fingerprint density at radius 2 is 1.71 bits per heavy atom. The second-order valence-electron chi connectivity index (χ2n) is 4.96. The molecule has 0 spiro atoms. The van der Waals surface area contributed by atoms with Gasteiger partial charge < -0.3 is 4.74 Å². The van der Waals surface area contributed by atoms with Gasteiger partial charge in [-0.15, -0.1) is 0 Å². The minimum atomic E-state index is -0.490. The van der Waals surface area contributed by atoms with Crippen LogP contribution in [0, 0.1) is 0 Å². The molecule has 0 unspecified atom stereocenters. The molecule has 2 amide bonds. The van der Waals surface area contributed by atoms with Crippen LogP contribution in [0.4, 0.5) is 10.5 Å². The zero-order chi connectivity index (χ0) is 17.5. The van der Waals surface area contributed by atoms with E-state index in [9.17, 15) is 4.79 Å². The van der Waals surface area contributed by atoms with Crippen molar-refractivity contribution in [3.63, 3.8) is 0 Å². The fourth-order valence-corrected chi connectivity index (χ4v) is 2.27. The average molecular weight is 369 g/mol. The second-order valence-corrected chi connectivity index (χ2v) is 5.74. The van der Waals surface area contributed by atoms with E-state index in [-0.39, 0.29) is 0 Å². The van der Waals surface area contributed by atoms with Crippen molar-refractivity contribution >= 4 is 35.1 Å². The first-order chi connectivity index (χ1) is 11.5. The van der Waals surface area contributed by atoms with Gasteiger partial charge >= 0.3 is 6.03 Å². The van der Waals surface area contributed by atoms with E-state index >= 15 is 0 Å². The van der Waals surface area contributed by atoms with Crippen LogP contribution >= 0.6 is 23.4 Å². The number of amides is 2. The van der Waals surface area contributed by atoms with Crippen LogP contribution in [-0.4, -0.2) is 31.9 Å². The van der Waals surface area contributed by atoms with Gasteiger partial charge in [0.05, 0.1) is 19.4 Å². The molecule has 0 saturated heterocycles. The summed E-state index contributed by atoms with van der Waals surface area (Å²) < 4.78 is 6.66. The molecule has 0 aliphatic heterocycles. The van der Waals surface area contributed by atoms with Crippen LogP contribution in [0.5, 0.6) is 5.75 Å². The van der Waals surface area contributed by atoms with E-state index < -0.39 is 6.03 Å². The van der Waals surface area contributed by atoms with Crippen molar-refractivity contribution in [3.05, 3.63) is 59.1 Å². The van der Waals surface area contributed by atoms with Crippen molar-refractivity contribution in [2.45, 2.75) is 6.42 Å². The number of urea groups is 1. The molecule has 7 heteroatoms. The summed E-state index contributed by atoms with van der Waals surface area (Å²) in [6.07, 6.45) is 0.775. The van der Waals surface area contributed by atoms with Crippen molar-refractivity contribution in [1.82, 2.24) is 5.06 Å². The Morgan fingerprint density at radius 1 is 1.08 bits per heavy atom. The number of nitrogens with zero attached hydrogens (tertiary/aromatic N) is 2. The lowest BCUT2D eigenvalue weighted by atomic mass is 10.2. The third-order valence-electron chi connectivity index (χ3n) is 3.35. The van der Waals surface area contributed by atoms with E-state index in [1.165, 1.54) is 14.2 Å². The molecule has 2 aromatic carbocycles. The van der Waals surface area contributed by atoms with Crippen molar-refractivity contribution in [2.75, 3.05) is 25.2 Å². The van der Waals surface area contributed by atoms with Gasteiger partial charge in [0, 0.05) is 30.3 Å². The van der Waals surface area contributed by atoms with Crippen LogP contribution in [0.25, 0.3) is 0 Å². The number of carbonyl (C=O) groups excluding carboxylic acids is 1. The first kappa shape index (κ1) is 18.4. The Morgan fingerprint density at radius 3 is 2.29 bits per heavy atom. The summed E-state index contributed by atoms with van der Waals surface area (Å²) in [6, 6.07) is 14.1. The highest BCUT2D eigenvalue weighted by Crippen LogP contribution is 2.22. The minimum Gasteiger partial charge on any atom is -0.493 e. The van der Waals surface area contributed by atoms with E-state index in [2.05, 4.69) is 0 Å². The number of rotatable bonds is 6. The molecule has 2 aromatic rings. The molecule has 5 nitrogen and oxygen atoms in total. The van der Waals surface area contributed by atoms with E-state index in [0.717, 1.165) is 26.5 Å². The first-order valence-electron chi connectivity index (χ1n) is 7.26. The Kier molecular flexibility index (Phi) is 6.73. The molecular formula is C17H18Cl2N2O3. The highest BCUT2D eigenvalue weighted by atomic mass is 35.5. The summed E-state index contributed by atoms with van der Waals surface area (Å²) in [4.78, 5) is 16.7. The smallest absolute Gasteiger partial charge is 0.362 e. The third kappa shape index (κ3) is 5.03. The van der Waals surface area contributed by atoms with Crippen molar-refractivity contribution < 1.29 is 14.4 Å². The normalized spacial score (nSPS) is 10.3. The van der Waals surface area contributed by atoms with Crippen LogP contribution < -0.4 is 9.16 Å². The molecule has 0 heterocycles. The summed E-state index contributed by atoms with van der Waals surface area (Å²) in [7, 11) is 2.87. The van der Waals surface area contributed by atoms with Crippen LogP contribution in [0.15, 0.2) is 48.5 Å². The summed E-state index contributed by atoms with van der Waals surface area (Å²) in [5, 5.41) is 1.75. The molecule has 0 bridgehead atoms. The third-order valence-corrected chi connectivity index (χ3v) is 3.94. The minimum absolute atomic E-state index is 0.490. The van der Waals surface area contributed by atoms with Crippen LogP contribution in [-0.2, 0) is 11.3 Å². The van der Waals surface area contributed by atoms with Gasteiger partial charge in [0.1, 0.15) is 5.75 Å². The quantitative estimate of drug-likeness (QED) is 0.555. The van der Waals surface area contributed by atoms with E-state index in [1.807, 2.05) is 24.3 Å². The molecule has 2 rings (SSSR count). The van der Waals surface area contributed by atoms with Gasteiger partial charge in [-0.05, 0) is 42.0 Å². The Bertz CT molecular complexity index is 663. The van der Waals surface area contributed by atoms with Crippen LogP contribution in [0.3, 0.4) is 0 Å². The molecule has 24 heavy (non-hydrogen) atoms. The number of hydrogen-bond acceptors (Lipinski definition) is 3. The predicted molar refractivity (Wildman–Crippen MR) is 95.6 cm³/mol. The Hall–Kier alpha value is -1.95. The molecule has 128 valence electrons. The van der Waals surface area contributed by atoms with Crippen molar-refractivity contribution in [2.24, 2.45) is 0 Å². The second kappa shape index (κ2) is 8.78. The van der Waals surface area contributed by atoms with E-state index in [0.29, 0.717) is 18.0 Å². The van der Waals surface area contributed by atoms with Gasteiger partial charge in [-0.1, -0.05) is 23.7 Å². The molecule has 0 aliphatic carbocycles. The molecular weight excluding hydrogens is 351 g/mol. The zero-order valence-corrected chi connectivity index (χ0v) is 14.9. The predicted octanol–water partition coefficient (Wildman–Crippen LogP) is 4.53. The maximum atomic E-state index is 11.9. The van der Waals surface area contributed by atoms with Gasteiger partial charge in [0.25, 0.3) is 0 Å². The monoisotopic (exact) mass is 368 g/mol. The lowest BCUT2D eigenvalue weighted by Gasteiger charge is -2.20. The summed E-state index contributed by atoms with van der Waals surface area (Å²) >= 11 is 11.8. The molecule has 0 fully saturated rings. The van der Waals surface area contributed by atoms with E-state index in [4.69, 9.17) is 33.0 Å². The van der Waals surface area contributed by atoms with Crippen molar-refractivity contribution in [1.29, 1.82) is 0 Å². The number of halogens is 2. The molecule has 0 N–H and O–H groups in total. The van der Waals surface area contributed by atoms with Gasteiger partial charge in [-0.3, -0.25) is 4.84 Å². The van der Waals surface area contributed by atoms with Gasteiger partial charge in [0.15, 0.2) is 0 Å². The number of hydrogen-bond donors (Lipinski definition) is 0. The zero-order valence-electron chi connectivity index (χ0n) is 13.4. The van der Waals surface area contributed by atoms with Crippen LogP contribution in [0.2, 0.25) is 5.02 Å². The number of hydroxylamine groups is 2. The van der Waals surface area contributed by atoms with Gasteiger partial charge in [0.2, 0.25) is 0 Å². The number of anilines is 1. The van der Waals surface area contributed by atoms with Gasteiger partial charge in [-0.2, -0.15) is 0 Å². The fourth-order valence-electron chi connectivity index (χ4n) is 1.92. The number of carbonyl (C=O) groups is 1. The maximum Gasteiger partial charge on any atom is 0.362 e. The molecule has 0 aromatic heterocycles. The first-order valence-corrected chi connectivity index (χ1v) is 7.98. The fraction of sp³-hybridized carbons (Fsp3) is 0.235. The van der Waals surface area contributed by atoms with E-state index in [1.54, 1.807) is 24.3 Å².